The van der Waals surface area contributed by atoms with Crippen LogP contribution in [0.5, 0.6) is 0 Å². The molecule has 1 aliphatic carbocycles. The average Bonchev–Trinajstić information content (AvgIpc) is 3.21. The topological polar surface area (TPSA) is 46.4 Å². The molecule has 0 radical (unpaired) electrons. The first-order chi connectivity index (χ1) is 11.8. The lowest BCUT2D eigenvalue weighted by atomic mass is 9.95. The third-order valence-corrected chi connectivity index (χ3v) is 6.60. The molecule has 0 spiro atoms. The van der Waals surface area contributed by atoms with Gasteiger partial charge in [-0.05, 0) is 25.0 Å². The normalized spacial score (nSPS) is 25.2. The molecule has 24 heavy (non-hydrogen) atoms. The second kappa shape index (κ2) is 7.19. The Morgan fingerprint density at radius 2 is 2.00 bits per heavy atom. The Bertz CT molecular complexity index is 674. The quantitative estimate of drug-likeness (QED) is 0.895. The number of nitrogens with zero attached hydrogens (tertiary/aromatic N) is 1. The molecule has 0 bridgehead atoms. The van der Waals surface area contributed by atoms with Crippen LogP contribution in [-0.2, 0) is 4.79 Å². The van der Waals surface area contributed by atoms with E-state index in [0.717, 1.165) is 31.3 Å². The van der Waals surface area contributed by atoms with Gasteiger partial charge in [-0.25, -0.2) is 4.98 Å². The average molecular weight is 345 g/mol. The fraction of sp³-hybridized carbons (Fsp3) is 0.579. The summed E-state index contributed by atoms with van der Waals surface area (Å²) in [6.45, 7) is 1.68. The maximum Gasteiger partial charge on any atom is 0.275 e. The summed E-state index contributed by atoms with van der Waals surface area (Å²) in [6, 6.07) is 9.14. The van der Waals surface area contributed by atoms with Gasteiger partial charge in [0, 0.05) is 18.9 Å². The molecule has 1 unspecified atom stereocenters. The van der Waals surface area contributed by atoms with E-state index >= 15 is 0 Å². The number of hydrogen-bond donors (Lipinski definition) is 2. The minimum absolute atomic E-state index is 0.227. The molecule has 4 nitrogen and oxygen atoms in total. The first kappa shape index (κ1) is 16.0. The first-order valence-corrected chi connectivity index (χ1v) is 10.1. The highest BCUT2D eigenvalue weighted by Crippen LogP contribution is 2.28. The predicted octanol–water partition coefficient (Wildman–Crippen LogP) is 2.46. The third-order valence-electron chi connectivity index (χ3n) is 5.45. The number of amides is 1. The van der Waals surface area contributed by atoms with Crippen LogP contribution >= 0.6 is 11.3 Å². The number of carbonyl (C=O) groups excluding carboxylic acids is 1. The molecular formula is C19H26N3OS+. The highest BCUT2D eigenvalue weighted by atomic mass is 32.1. The lowest BCUT2D eigenvalue weighted by Gasteiger charge is -2.24. The van der Waals surface area contributed by atoms with Crippen LogP contribution in [0.2, 0.25) is 0 Å². The van der Waals surface area contributed by atoms with Crippen LogP contribution in [0.1, 0.15) is 56.0 Å². The predicted molar refractivity (Wildman–Crippen MR) is 97.3 cm³/mol. The minimum atomic E-state index is 0.227. The van der Waals surface area contributed by atoms with Crippen molar-refractivity contribution in [3.63, 3.8) is 0 Å². The van der Waals surface area contributed by atoms with Gasteiger partial charge in [-0.2, -0.15) is 0 Å². The summed E-state index contributed by atoms with van der Waals surface area (Å²) in [4.78, 5) is 18.7. The third kappa shape index (κ3) is 3.47. The monoisotopic (exact) mass is 344 g/mol. The number of quaternary nitrogens is 1. The molecule has 1 aliphatic heterocycles. The molecule has 4 rings (SSSR count). The van der Waals surface area contributed by atoms with Crippen molar-refractivity contribution in [2.24, 2.45) is 0 Å². The van der Waals surface area contributed by atoms with E-state index in [0.29, 0.717) is 18.6 Å². The van der Waals surface area contributed by atoms with Crippen LogP contribution in [0.4, 0.5) is 0 Å². The Labute approximate surface area is 147 Å². The second-order valence-electron chi connectivity index (χ2n) is 7.20. The van der Waals surface area contributed by atoms with Gasteiger partial charge in [-0.1, -0.05) is 31.4 Å². The smallest absolute Gasteiger partial charge is 0.275 e. The fourth-order valence-corrected chi connectivity index (χ4v) is 5.35. The van der Waals surface area contributed by atoms with Gasteiger partial charge in [0.05, 0.1) is 16.8 Å². The Morgan fingerprint density at radius 3 is 2.83 bits per heavy atom. The number of thiazole rings is 1. The van der Waals surface area contributed by atoms with Crippen LogP contribution in [0.15, 0.2) is 24.3 Å². The fourth-order valence-electron chi connectivity index (χ4n) is 4.19. The summed E-state index contributed by atoms with van der Waals surface area (Å²) in [5.74, 6) is 0.227. The van der Waals surface area contributed by atoms with E-state index in [1.165, 1.54) is 40.3 Å². The summed E-state index contributed by atoms with van der Waals surface area (Å²) in [5, 5.41) is 4.47. The van der Waals surface area contributed by atoms with E-state index in [-0.39, 0.29) is 5.91 Å². The van der Waals surface area contributed by atoms with E-state index in [1.807, 2.05) is 6.07 Å². The number of likely N-dealkylation sites (tertiary alicyclic amines) is 1. The van der Waals surface area contributed by atoms with Crippen molar-refractivity contribution in [2.45, 2.75) is 57.0 Å². The van der Waals surface area contributed by atoms with Gasteiger partial charge in [0.15, 0.2) is 11.6 Å². The maximum atomic E-state index is 12.5. The van der Waals surface area contributed by atoms with Gasteiger partial charge < -0.3 is 10.2 Å². The van der Waals surface area contributed by atoms with E-state index in [2.05, 4.69) is 23.5 Å². The summed E-state index contributed by atoms with van der Waals surface area (Å²) in [7, 11) is 0. The van der Waals surface area contributed by atoms with Gasteiger partial charge in [0.2, 0.25) is 0 Å². The van der Waals surface area contributed by atoms with Crippen molar-refractivity contribution in [1.29, 1.82) is 0 Å². The van der Waals surface area contributed by atoms with Crippen LogP contribution in [-0.4, -0.2) is 30.0 Å². The molecule has 2 heterocycles. The molecular weight excluding hydrogens is 318 g/mol. The van der Waals surface area contributed by atoms with Crippen molar-refractivity contribution in [2.75, 3.05) is 13.1 Å². The minimum Gasteiger partial charge on any atom is -0.348 e. The van der Waals surface area contributed by atoms with Crippen LogP contribution in [0.3, 0.4) is 0 Å². The summed E-state index contributed by atoms with van der Waals surface area (Å²) in [6.07, 6.45) is 8.48. The van der Waals surface area contributed by atoms with Gasteiger partial charge in [-0.15, -0.1) is 11.3 Å². The van der Waals surface area contributed by atoms with E-state index in [9.17, 15) is 4.79 Å². The molecule has 1 saturated heterocycles. The number of nitrogens with one attached hydrogen (secondary N) is 2. The number of aromatic nitrogens is 1. The Kier molecular flexibility index (Phi) is 4.81. The zero-order valence-corrected chi connectivity index (χ0v) is 14.9. The molecule has 1 amide bonds. The Morgan fingerprint density at radius 1 is 1.17 bits per heavy atom. The van der Waals surface area contributed by atoms with Crippen molar-refractivity contribution in [3.05, 3.63) is 29.3 Å². The first-order valence-electron chi connectivity index (χ1n) is 9.29. The van der Waals surface area contributed by atoms with Crippen LogP contribution < -0.4 is 10.2 Å². The van der Waals surface area contributed by atoms with E-state index < -0.39 is 0 Å². The molecule has 2 N–H and O–H groups in total. The van der Waals surface area contributed by atoms with Crippen molar-refractivity contribution < 1.29 is 9.69 Å². The maximum absolute atomic E-state index is 12.5. The summed E-state index contributed by atoms with van der Waals surface area (Å²) >= 11 is 1.80. The number of carbonyl (C=O) groups is 1. The second-order valence-corrected chi connectivity index (χ2v) is 8.26. The van der Waals surface area contributed by atoms with Crippen LogP contribution in [0.25, 0.3) is 10.2 Å². The molecule has 1 aromatic heterocycles. The van der Waals surface area contributed by atoms with Gasteiger partial charge in [-0.3, -0.25) is 4.79 Å². The standard InChI is InChI=1S/C19H25N3OS/c23-18(20-14-7-2-1-3-8-14)13-22-12-6-10-16(22)19-21-15-9-4-5-11-17(15)24-19/h4-5,9,11,14,16H,1-3,6-8,10,12-13H2,(H,20,23)/p+1/t16-/m1/s1. The summed E-state index contributed by atoms with van der Waals surface area (Å²) in [5.41, 5.74) is 1.09. The number of fused-ring (bicyclic) bond motifs is 1. The molecule has 2 aromatic rings. The molecule has 5 heteroatoms. The zero-order valence-electron chi connectivity index (χ0n) is 14.1. The SMILES string of the molecule is O=C(C[NH+]1CCC[C@@H]1c1nc2ccccc2s1)NC1CCCCC1. The lowest BCUT2D eigenvalue weighted by molar-refractivity contribution is -0.910. The number of benzene rings is 1. The lowest BCUT2D eigenvalue weighted by Crippen LogP contribution is -3.11. The molecule has 2 aliphatic rings. The Hall–Kier alpha value is -1.46. The zero-order chi connectivity index (χ0) is 16.4. The molecule has 1 aromatic carbocycles. The largest absolute Gasteiger partial charge is 0.348 e. The van der Waals surface area contributed by atoms with Gasteiger partial charge in [0.25, 0.3) is 5.91 Å². The van der Waals surface area contributed by atoms with Crippen molar-refractivity contribution in [1.82, 2.24) is 10.3 Å². The molecule has 1 saturated carbocycles. The highest BCUT2D eigenvalue weighted by Gasteiger charge is 2.34. The van der Waals surface area contributed by atoms with Crippen LogP contribution in [0, 0.1) is 0 Å². The Balaban J connectivity index is 1.41. The number of rotatable bonds is 4. The number of hydrogen-bond acceptors (Lipinski definition) is 3. The van der Waals surface area contributed by atoms with Gasteiger partial charge >= 0.3 is 0 Å². The highest BCUT2D eigenvalue weighted by molar-refractivity contribution is 7.18. The van der Waals surface area contributed by atoms with E-state index in [1.54, 1.807) is 11.3 Å². The van der Waals surface area contributed by atoms with Crippen molar-refractivity contribution in [3.8, 4) is 0 Å². The molecule has 2 atom stereocenters. The van der Waals surface area contributed by atoms with Gasteiger partial charge in [0.1, 0.15) is 6.04 Å². The van der Waals surface area contributed by atoms with Crippen molar-refractivity contribution >= 4 is 27.5 Å². The number of para-hydroxylation sites is 1. The summed E-state index contributed by atoms with van der Waals surface area (Å²) < 4.78 is 1.26. The van der Waals surface area contributed by atoms with E-state index in [4.69, 9.17) is 4.98 Å². The molecule has 128 valence electrons. The molecule has 2 fully saturated rings.